The summed E-state index contributed by atoms with van der Waals surface area (Å²) in [6.07, 6.45) is -0.0689. The molecule has 1 amide bonds. The third-order valence-corrected chi connectivity index (χ3v) is 3.00. The van der Waals surface area contributed by atoms with Gasteiger partial charge in [-0.2, -0.15) is 5.21 Å². The van der Waals surface area contributed by atoms with Gasteiger partial charge in [0.05, 0.1) is 6.42 Å². The Morgan fingerprint density at radius 3 is 2.52 bits per heavy atom. The molecule has 2 aromatic rings. The number of tetrazole rings is 1. The van der Waals surface area contributed by atoms with Crippen molar-refractivity contribution >= 4 is 11.9 Å². The first-order valence-corrected chi connectivity index (χ1v) is 6.46. The summed E-state index contributed by atoms with van der Waals surface area (Å²) in [5.74, 6) is -0.667. The molecule has 21 heavy (non-hydrogen) atoms. The van der Waals surface area contributed by atoms with Crippen molar-refractivity contribution in [2.75, 3.05) is 13.1 Å². The monoisotopic (exact) mass is 289 g/mol. The summed E-state index contributed by atoms with van der Waals surface area (Å²) in [6.45, 7) is 2.46. The first-order valence-electron chi connectivity index (χ1n) is 6.46. The van der Waals surface area contributed by atoms with E-state index in [4.69, 9.17) is 5.11 Å². The average molecular weight is 289 g/mol. The predicted octanol–water partition coefficient (Wildman–Crippen LogP) is 0.803. The van der Waals surface area contributed by atoms with Crippen LogP contribution in [0.1, 0.15) is 23.7 Å². The highest BCUT2D eigenvalue weighted by atomic mass is 16.4. The first-order chi connectivity index (χ1) is 10.1. The summed E-state index contributed by atoms with van der Waals surface area (Å²) in [5, 5.41) is 22.2. The van der Waals surface area contributed by atoms with Crippen molar-refractivity contribution in [3.05, 3.63) is 29.8 Å². The fourth-order valence-electron chi connectivity index (χ4n) is 1.86. The third kappa shape index (κ3) is 3.62. The molecule has 0 aliphatic carbocycles. The van der Waals surface area contributed by atoms with E-state index < -0.39 is 5.97 Å². The zero-order valence-corrected chi connectivity index (χ0v) is 11.5. The highest BCUT2D eigenvalue weighted by Crippen LogP contribution is 2.15. The van der Waals surface area contributed by atoms with E-state index in [0.717, 1.165) is 5.56 Å². The van der Waals surface area contributed by atoms with Crippen LogP contribution < -0.4 is 0 Å². The second kappa shape index (κ2) is 6.60. The number of aromatic nitrogens is 4. The number of rotatable bonds is 6. The maximum absolute atomic E-state index is 12.3. The van der Waals surface area contributed by atoms with Crippen LogP contribution >= 0.6 is 0 Å². The summed E-state index contributed by atoms with van der Waals surface area (Å²) < 4.78 is 0. The van der Waals surface area contributed by atoms with Crippen LogP contribution in [-0.2, 0) is 4.79 Å². The molecule has 0 atom stereocenters. The van der Waals surface area contributed by atoms with Crippen molar-refractivity contribution in [2.24, 2.45) is 0 Å². The number of H-pyrrole nitrogens is 1. The molecule has 110 valence electrons. The SMILES string of the molecule is CCN(CCC(=O)O)C(=O)c1ccc(-c2nn[nH]n2)cc1. The van der Waals surface area contributed by atoms with Gasteiger partial charge in [-0.3, -0.25) is 9.59 Å². The van der Waals surface area contributed by atoms with Crippen LogP contribution in [0.2, 0.25) is 0 Å². The van der Waals surface area contributed by atoms with Crippen LogP contribution in [-0.4, -0.2) is 55.6 Å². The van der Waals surface area contributed by atoms with Crippen LogP contribution in [0.5, 0.6) is 0 Å². The fraction of sp³-hybridized carbons (Fsp3) is 0.308. The second-order valence-electron chi connectivity index (χ2n) is 4.34. The van der Waals surface area contributed by atoms with Crippen molar-refractivity contribution in [3.8, 4) is 11.4 Å². The van der Waals surface area contributed by atoms with Gasteiger partial charge >= 0.3 is 5.97 Å². The minimum absolute atomic E-state index is 0.0689. The lowest BCUT2D eigenvalue weighted by molar-refractivity contribution is -0.137. The minimum Gasteiger partial charge on any atom is -0.481 e. The van der Waals surface area contributed by atoms with Crippen molar-refractivity contribution in [1.29, 1.82) is 0 Å². The summed E-state index contributed by atoms with van der Waals surface area (Å²) in [7, 11) is 0. The first kappa shape index (κ1) is 14.6. The van der Waals surface area contributed by atoms with Gasteiger partial charge in [0, 0.05) is 24.2 Å². The number of hydrogen-bond acceptors (Lipinski definition) is 5. The summed E-state index contributed by atoms with van der Waals surface area (Å²) in [5.41, 5.74) is 1.24. The lowest BCUT2D eigenvalue weighted by Crippen LogP contribution is -2.32. The Bertz CT molecular complexity index is 609. The van der Waals surface area contributed by atoms with Gasteiger partial charge in [-0.15, -0.1) is 10.2 Å². The van der Waals surface area contributed by atoms with Gasteiger partial charge in [0.1, 0.15) is 0 Å². The topological polar surface area (TPSA) is 112 Å². The lowest BCUT2D eigenvalue weighted by atomic mass is 10.1. The van der Waals surface area contributed by atoms with Crippen LogP contribution in [0.4, 0.5) is 0 Å². The van der Waals surface area contributed by atoms with E-state index in [2.05, 4.69) is 20.6 Å². The predicted molar refractivity (Wildman–Crippen MR) is 73.4 cm³/mol. The fourth-order valence-corrected chi connectivity index (χ4v) is 1.86. The normalized spacial score (nSPS) is 10.3. The molecule has 0 fully saturated rings. The summed E-state index contributed by atoms with van der Waals surface area (Å²) in [4.78, 5) is 24.4. The molecule has 0 aliphatic heterocycles. The number of carboxylic acid groups (broad SMARTS) is 1. The largest absolute Gasteiger partial charge is 0.481 e. The van der Waals surface area contributed by atoms with Gasteiger partial charge in [-0.1, -0.05) is 12.1 Å². The number of aliphatic carboxylic acids is 1. The smallest absolute Gasteiger partial charge is 0.305 e. The van der Waals surface area contributed by atoms with Crippen LogP contribution in [0.25, 0.3) is 11.4 Å². The van der Waals surface area contributed by atoms with Gasteiger partial charge in [0.25, 0.3) is 5.91 Å². The Labute approximate surface area is 120 Å². The zero-order chi connectivity index (χ0) is 15.2. The highest BCUT2D eigenvalue weighted by Gasteiger charge is 2.15. The molecule has 1 heterocycles. The van der Waals surface area contributed by atoms with E-state index in [9.17, 15) is 9.59 Å². The number of hydrogen-bond donors (Lipinski definition) is 2. The van der Waals surface area contributed by atoms with E-state index >= 15 is 0 Å². The lowest BCUT2D eigenvalue weighted by Gasteiger charge is -2.20. The Kier molecular flexibility index (Phi) is 4.60. The Hall–Kier alpha value is -2.77. The molecule has 0 saturated heterocycles. The molecular formula is C13H15N5O3. The van der Waals surface area contributed by atoms with E-state index in [1.807, 2.05) is 6.92 Å². The van der Waals surface area contributed by atoms with Crippen LogP contribution in [0.3, 0.4) is 0 Å². The average Bonchev–Trinajstić information content (AvgIpc) is 3.02. The molecule has 0 spiro atoms. The maximum atomic E-state index is 12.3. The molecule has 0 radical (unpaired) electrons. The van der Waals surface area contributed by atoms with Gasteiger partial charge in [-0.25, -0.2) is 0 Å². The Morgan fingerprint density at radius 2 is 2.00 bits per heavy atom. The van der Waals surface area contributed by atoms with Gasteiger partial charge in [-0.05, 0) is 24.3 Å². The molecule has 0 aliphatic rings. The van der Waals surface area contributed by atoms with E-state index in [1.54, 1.807) is 24.3 Å². The number of nitrogens with one attached hydrogen (secondary N) is 1. The molecule has 2 N–H and O–H groups in total. The van der Waals surface area contributed by atoms with Gasteiger partial charge in [0.15, 0.2) is 0 Å². The van der Waals surface area contributed by atoms with Crippen molar-refractivity contribution in [3.63, 3.8) is 0 Å². The van der Waals surface area contributed by atoms with E-state index in [-0.39, 0.29) is 18.9 Å². The molecule has 0 saturated carbocycles. The second-order valence-corrected chi connectivity index (χ2v) is 4.34. The molecule has 2 rings (SSSR count). The minimum atomic E-state index is -0.922. The number of carbonyl (C=O) groups excluding carboxylic acids is 1. The van der Waals surface area contributed by atoms with Crippen LogP contribution in [0.15, 0.2) is 24.3 Å². The number of aromatic amines is 1. The Morgan fingerprint density at radius 1 is 1.29 bits per heavy atom. The molecule has 1 aromatic carbocycles. The van der Waals surface area contributed by atoms with Crippen molar-refractivity contribution in [2.45, 2.75) is 13.3 Å². The van der Waals surface area contributed by atoms with E-state index in [0.29, 0.717) is 17.9 Å². The molecular weight excluding hydrogens is 274 g/mol. The Balaban J connectivity index is 2.09. The zero-order valence-electron chi connectivity index (χ0n) is 11.5. The number of nitrogens with zero attached hydrogens (tertiary/aromatic N) is 4. The molecule has 8 nitrogen and oxygen atoms in total. The number of benzene rings is 1. The van der Waals surface area contributed by atoms with Gasteiger partial charge in [0.2, 0.25) is 5.82 Å². The summed E-state index contributed by atoms with van der Waals surface area (Å²) >= 11 is 0. The maximum Gasteiger partial charge on any atom is 0.305 e. The van der Waals surface area contributed by atoms with Crippen molar-refractivity contribution < 1.29 is 14.7 Å². The van der Waals surface area contributed by atoms with Crippen molar-refractivity contribution in [1.82, 2.24) is 25.5 Å². The quantitative estimate of drug-likeness (QED) is 0.813. The summed E-state index contributed by atoms with van der Waals surface area (Å²) in [6, 6.07) is 6.78. The standard InChI is InChI=1S/C13H15N5O3/c1-2-18(8-7-11(19)20)13(21)10-5-3-9(4-6-10)12-14-16-17-15-12/h3-6H,2,7-8H2,1H3,(H,19,20)(H,14,15,16,17). The number of amides is 1. The molecule has 0 unspecified atom stereocenters. The molecule has 1 aromatic heterocycles. The number of carboxylic acids is 1. The van der Waals surface area contributed by atoms with E-state index in [1.165, 1.54) is 4.90 Å². The van der Waals surface area contributed by atoms with Gasteiger partial charge < -0.3 is 10.0 Å². The molecule has 0 bridgehead atoms. The third-order valence-electron chi connectivity index (χ3n) is 3.00. The highest BCUT2D eigenvalue weighted by molar-refractivity contribution is 5.94. The van der Waals surface area contributed by atoms with Crippen LogP contribution in [0, 0.1) is 0 Å². The molecule has 8 heteroatoms. The number of carbonyl (C=O) groups is 2.